The number of carbonyl (C=O) groups is 1. The van der Waals surface area contributed by atoms with E-state index in [1.165, 1.54) is 0 Å². The number of rotatable bonds is 2. The Hall–Kier alpha value is -3.13. The lowest BCUT2D eigenvalue weighted by molar-refractivity contribution is 0.0732. The molecule has 2 heterocycles. The van der Waals surface area contributed by atoms with E-state index in [1.807, 2.05) is 35.2 Å². The fourth-order valence-electron chi connectivity index (χ4n) is 4.17. The summed E-state index contributed by atoms with van der Waals surface area (Å²) in [4.78, 5) is 19.3. The van der Waals surface area contributed by atoms with Gasteiger partial charge in [-0.25, -0.2) is 4.98 Å². The molecule has 1 atom stereocenters. The molecule has 5 heteroatoms. The van der Waals surface area contributed by atoms with Crippen molar-refractivity contribution < 1.29 is 4.79 Å². The molecule has 0 bridgehead atoms. The van der Waals surface area contributed by atoms with Crippen LogP contribution in [-0.2, 0) is 13.0 Å². The number of nitriles is 1. The molecule has 1 amide bonds. The highest BCUT2D eigenvalue weighted by Gasteiger charge is 2.30. The van der Waals surface area contributed by atoms with Gasteiger partial charge in [-0.15, -0.1) is 0 Å². The van der Waals surface area contributed by atoms with E-state index in [9.17, 15) is 10.1 Å². The highest BCUT2D eigenvalue weighted by atomic mass is 16.2. The minimum absolute atomic E-state index is 0.0195. The lowest BCUT2D eigenvalue weighted by atomic mass is 9.81. The minimum Gasteiger partial charge on any atom is -0.383 e. The Bertz CT molecular complexity index is 943. The second kappa shape index (κ2) is 7.24. The smallest absolute Gasteiger partial charge is 0.254 e. The molecule has 2 aromatic rings. The molecule has 0 radical (unpaired) electrons. The molecule has 136 valence electrons. The zero-order valence-electron chi connectivity index (χ0n) is 15.2. The number of nitrogens with two attached hydrogens (primary N) is 1. The van der Waals surface area contributed by atoms with Gasteiger partial charge in [0.2, 0.25) is 0 Å². The van der Waals surface area contributed by atoms with Gasteiger partial charge in [0.1, 0.15) is 11.9 Å². The number of carbonyl (C=O) groups excluding carboxylic acids is 1. The summed E-state index contributed by atoms with van der Waals surface area (Å²) in [6, 6.07) is 11.6. The van der Waals surface area contributed by atoms with Gasteiger partial charge >= 0.3 is 0 Å². The molecule has 4 rings (SSSR count). The third kappa shape index (κ3) is 3.19. The average molecular weight is 358 g/mol. The molecule has 27 heavy (non-hydrogen) atoms. The third-order valence-electron chi connectivity index (χ3n) is 5.52. The zero-order chi connectivity index (χ0) is 18.8. The Labute approximate surface area is 159 Å². The Morgan fingerprint density at radius 1 is 1.26 bits per heavy atom. The third-order valence-corrected chi connectivity index (χ3v) is 5.52. The van der Waals surface area contributed by atoms with Crippen LogP contribution in [0.4, 0.5) is 5.82 Å². The first-order valence-corrected chi connectivity index (χ1v) is 9.39. The first kappa shape index (κ1) is 17.3. The van der Waals surface area contributed by atoms with Crippen molar-refractivity contribution in [1.82, 2.24) is 9.88 Å². The molecule has 0 unspecified atom stereocenters. The van der Waals surface area contributed by atoms with Gasteiger partial charge in [0.25, 0.3) is 5.91 Å². The predicted octanol–water partition coefficient (Wildman–Crippen LogP) is 3.56. The molecule has 0 saturated heterocycles. The monoisotopic (exact) mass is 358 g/mol. The van der Waals surface area contributed by atoms with Crippen LogP contribution in [0, 0.1) is 11.3 Å². The normalized spacial score (nSPS) is 18.6. The van der Waals surface area contributed by atoms with Gasteiger partial charge in [0, 0.05) is 30.8 Å². The zero-order valence-corrected chi connectivity index (χ0v) is 15.2. The van der Waals surface area contributed by atoms with Crippen molar-refractivity contribution in [3.8, 4) is 6.07 Å². The van der Waals surface area contributed by atoms with Crippen molar-refractivity contribution in [3.63, 3.8) is 0 Å². The number of fused-ring (bicyclic) bond motifs is 1. The van der Waals surface area contributed by atoms with Crippen LogP contribution in [-0.4, -0.2) is 22.3 Å². The van der Waals surface area contributed by atoms with Crippen molar-refractivity contribution in [2.45, 2.75) is 38.1 Å². The molecule has 1 aromatic carbocycles. The van der Waals surface area contributed by atoms with E-state index in [-0.39, 0.29) is 11.8 Å². The van der Waals surface area contributed by atoms with E-state index in [0.29, 0.717) is 36.5 Å². The number of benzene rings is 1. The quantitative estimate of drug-likeness (QED) is 0.832. The van der Waals surface area contributed by atoms with E-state index < -0.39 is 0 Å². The second-order valence-corrected chi connectivity index (χ2v) is 7.15. The van der Waals surface area contributed by atoms with E-state index in [0.717, 1.165) is 36.1 Å². The number of amides is 1. The fraction of sp³-hybridized carbons (Fsp3) is 0.318. The van der Waals surface area contributed by atoms with Crippen LogP contribution in [0.3, 0.4) is 0 Å². The highest BCUT2D eigenvalue weighted by Crippen LogP contribution is 2.38. The largest absolute Gasteiger partial charge is 0.383 e. The molecule has 1 aromatic heterocycles. The number of hydrogen-bond acceptors (Lipinski definition) is 4. The Balaban J connectivity index is 1.74. The van der Waals surface area contributed by atoms with Gasteiger partial charge in [-0.2, -0.15) is 5.26 Å². The van der Waals surface area contributed by atoms with Crippen LogP contribution in [0.25, 0.3) is 0 Å². The summed E-state index contributed by atoms with van der Waals surface area (Å²) < 4.78 is 0. The van der Waals surface area contributed by atoms with Crippen LogP contribution in [0.5, 0.6) is 0 Å². The summed E-state index contributed by atoms with van der Waals surface area (Å²) in [5, 5.41) is 9.72. The summed E-state index contributed by atoms with van der Waals surface area (Å²) in [5.41, 5.74) is 10.3. The number of anilines is 1. The first-order valence-electron chi connectivity index (χ1n) is 9.39. The summed E-state index contributed by atoms with van der Waals surface area (Å²) >= 11 is 0. The van der Waals surface area contributed by atoms with Gasteiger partial charge in [-0.05, 0) is 48.4 Å². The highest BCUT2D eigenvalue weighted by molar-refractivity contribution is 5.94. The molecular weight excluding hydrogens is 336 g/mol. The standard InChI is InChI=1S/C22H22N4O/c23-13-17-20(15-7-3-1-4-8-15)18-14-26(12-11-19(18)25-21(17)24)22(27)16-9-5-2-6-10-16/h1-3,5-6,9-10,15H,4,7-8,11-12,14H2,(H2,24,25)/t15-/m0/s1. The summed E-state index contributed by atoms with van der Waals surface area (Å²) in [7, 11) is 0. The van der Waals surface area contributed by atoms with Crippen molar-refractivity contribution >= 4 is 11.7 Å². The van der Waals surface area contributed by atoms with Gasteiger partial charge in [0.05, 0.1) is 5.56 Å². The Morgan fingerprint density at radius 2 is 2.07 bits per heavy atom. The molecule has 2 N–H and O–H groups in total. The predicted molar refractivity (Wildman–Crippen MR) is 104 cm³/mol. The molecule has 2 aliphatic rings. The number of hydrogen-bond donors (Lipinski definition) is 1. The second-order valence-electron chi connectivity index (χ2n) is 7.15. The Kier molecular flexibility index (Phi) is 4.64. The molecule has 1 aliphatic carbocycles. The topological polar surface area (TPSA) is 83.0 Å². The van der Waals surface area contributed by atoms with Crippen LogP contribution < -0.4 is 5.73 Å². The number of allylic oxidation sites excluding steroid dienone is 2. The lowest BCUT2D eigenvalue weighted by Gasteiger charge is -2.33. The van der Waals surface area contributed by atoms with Gasteiger partial charge < -0.3 is 10.6 Å². The van der Waals surface area contributed by atoms with Crippen LogP contribution >= 0.6 is 0 Å². The van der Waals surface area contributed by atoms with Crippen LogP contribution in [0.2, 0.25) is 0 Å². The van der Waals surface area contributed by atoms with E-state index in [4.69, 9.17) is 5.73 Å². The van der Waals surface area contributed by atoms with E-state index in [1.54, 1.807) is 0 Å². The van der Waals surface area contributed by atoms with E-state index >= 15 is 0 Å². The maximum Gasteiger partial charge on any atom is 0.254 e. The molecule has 5 nitrogen and oxygen atoms in total. The maximum atomic E-state index is 12.9. The van der Waals surface area contributed by atoms with Crippen molar-refractivity contribution in [2.24, 2.45) is 0 Å². The number of aromatic nitrogens is 1. The first-order chi connectivity index (χ1) is 13.2. The molecule has 0 saturated carbocycles. The lowest BCUT2D eigenvalue weighted by Crippen LogP contribution is -2.37. The average Bonchev–Trinajstić information content (AvgIpc) is 2.73. The molecular formula is C22H22N4O. The van der Waals surface area contributed by atoms with Crippen molar-refractivity contribution in [1.29, 1.82) is 5.26 Å². The molecule has 0 fully saturated rings. The van der Waals surface area contributed by atoms with Crippen LogP contribution in [0.1, 0.15) is 57.9 Å². The molecule has 1 aliphatic heterocycles. The van der Waals surface area contributed by atoms with Crippen molar-refractivity contribution in [2.75, 3.05) is 12.3 Å². The van der Waals surface area contributed by atoms with Gasteiger partial charge in [-0.1, -0.05) is 30.4 Å². The maximum absolute atomic E-state index is 12.9. The van der Waals surface area contributed by atoms with Gasteiger partial charge in [-0.3, -0.25) is 4.79 Å². The summed E-state index contributed by atoms with van der Waals surface area (Å²) in [6.07, 6.45) is 7.92. The number of nitrogen functional groups attached to an aromatic ring is 1. The number of pyridine rings is 1. The van der Waals surface area contributed by atoms with E-state index in [2.05, 4.69) is 23.2 Å². The Morgan fingerprint density at radius 3 is 2.78 bits per heavy atom. The van der Waals surface area contributed by atoms with Crippen molar-refractivity contribution in [3.05, 3.63) is 70.4 Å². The summed E-state index contributed by atoms with van der Waals surface area (Å²) in [6.45, 7) is 1.10. The summed E-state index contributed by atoms with van der Waals surface area (Å²) in [5.74, 6) is 0.602. The van der Waals surface area contributed by atoms with Crippen LogP contribution in [0.15, 0.2) is 42.5 Å². The SMILES string of the molecule is N#Cc1c(N)nc2c(c1[C@H]1CC=CCC1)CN(C(=O)c1ccccc1)CC2. The molecule has 0 spiro atoms. The minimum atomic E-state index is 0.0195. The fourth-order valence-corrected chi connectivity index (χ4v) is 4.17. The number of nitrogens with zero attached hydrogens (tertiary/aromatic N) is 3. The van der Waals surface area contributed by atoms with Gasteiger partial charge in [0.15, 0.2) is 0 Å².